The van der Waals surface area contributed by atoms with Gasteiger partial charge in [-0.1, -0.05) is 32.4 Å². The maximum atomic E-state index is 15.6. The van der Waals surface area contributed by atoms with Gasteiger partial charge in [-0.15, -0.1) is 0 Å². The van der Waals surface area contributed by atoms with Crippen LogP contribution >= 0.6 is 11.6 Å². The van der Waals surface area contributed by atoms with Crippen LogP contribution < -0.4 is 4.74 Å². The topological polar surface area (TPSA) is 80.3 Å². The van der Waals surface area contributed by atoms with Crippen LogP contribution in [-0.4, -0.2) is 46.7 Å². The van der Waals surface area contributed by atoms with E-state index in [1.807, 2.05) is 0 Å². The van der Waals surface area contributed by atoms with Crippen molar-refractivity contribution in [1.82, 2.24) is 19.9 Å². The Labute approximate surface area is 253 Å². The summed E-state index contributed by atoms with van der Waals surface area (Å²) in [6, 6.07) is 3.08. The van der Waals surface area contributed by atoms with E-state index in [1.165, 1.54) is 18.5 Å². The number of carbonyl (C=O) groups excluding carboxylic acids is 1. The second-order valence-electron chi connectivity index (χ2n) is 12.3. The molecule has 7 nitrogen and oxygen atoms in total. The summed E-state index contributed by atoms with van der Waals surface area (Å²) in [4.78, 5) is 26.9. The highest BCUT2D eigenvalue weighted by molar-refractivity contribution is 6.74. The van der Waals surface area contributed by atoms with Gasteiger partial charge in [0.1, 0.15) is 17.3 Å². The second-order valence-corrected chi connectivity index (χ2v) is 17.5. The molecule has 2 aliphatic heterocycles. The molecule has 0 spiro atoms. The molecule has 0 saturated carbocycles. The fourth-order valence-electron chi connectivity index (χ4n) is 5.33. The van der Waals surface area contributed by atoms with Crippen LogP contribution in [0.4, 0.5) is 17.6 Å². The Kier molecular flexibility index (Phi) is 8.49. The number of nitrogens with zero attached hydrogens (tertiary/aromatic N) is 3. The number of rotatable bonds is 8. The van der Waals surface area contributed by atoms with Crippen molar-refractivity contribution in [2.45, 2.75) is 83.5 Å². The molecule has 13 heteroatoms. The standard InChI is InChI=1S/C30H33ClF4N4O3Si/c1-30(2,3)43(4,5)41-15-21-26(32)18(10-11-36-21)20-14-37-28(38-20)22-8-6-17-12-16(13-24(40)39(17)22)25-23(42-29(34)35)9-7-19(31)27(25)33/h7,9-11,13-14,17,22,29H,6,8,12,15H2,1-5H3,(H,37,38)/t17?,22-/m0/s1. The third kappa shape index (κ3) is 6.09. The number of fused-ring (bicyclic) bond motifs is 1. The van der Waals surface area contributed by atoms with Gasteiger partial charge in [-0.2, -0.15) is 8.78 Å². The van der Waals surface area contributed by atoms with E-state index in [-0.39, 0.29) is 57.3 Å². The smallest absolute Gasteiger partial charge is 0.387 e. The number of hydrogen-bond donors (Lipinski definition) is 1. The van der Waals surface area contributed by atoms with Gasteiger partial charge in [0.05, 0.1) is 35.1 Å². The summed E-state index contributed by atoms with van der Waals surface area (Å²) in [5.41, 5.74) is 0.904. The van der Waals surface area contributed by atoms with Crippen molar-refractivity contribution in [3.05, 3.63) is 70.4 Å². The number of ether oxygens (including phenoxy) is 1. The van der Waals surface area contributed by atoms with E-state index in [2.05, 4.69) is 53.6 Å². The second kappa shape index (κ2) is 11.7. The summed E-state index contributed by atoms with van der Waals surface area (Å²) in [6.45, 7) is 7.38. The minimum Gasteiger partial charge on any atom is -0.434 e. The van der Waals surface area contributed by atoms with Crippen LogP contribution in [0.15, 0.2) is 36.7 Å². The lowest BCUT2D eigenvalue weighted by Gasteiger charge is -2.36. The first-order valence-electron chi connectivity index (χ1n) is 14.0. The first-order chi connectivity index (χ1) is 20.2. The van der Waals surface area contributed by atoms with Gasteiger partial charge in [0, 0.05) is 23.9 Å². The number of aromatic nitrogens is 3. The molecule has 230 valence electrons. The molecule has 0 radical (unpaired) electrons. The molecule has 5 rings (SSSR count). The number of H-pyrrole nitrogens is 1. The highest BCUT2D eigenvalue weighted by Crippen LogP contribution is 2.45. The van der Waals surface area contributed by atoms with E-state index < -0.39 is 38.5 Å². The number of halogens is 5. The SMILES string of the molecule is CC(C)(C)[Si](C)(C)OCc1nccc(-c2cnc([C@@H]3CCC4CC(c5c(OC(F)F)ccc(Cl)c5F)=CC(=O)N43)[nH]2)c1F. The number of alkyl halides is 2. The molecule has 2 atom stereocenters. The van der Waals surface area contributed by atoms with Crippen molar-refractivity contribution in [3.63, 3.8) is 0 Å². The predicted octanol–water partition coefficient (Wildman–Crippen LogP) is 8.05. The number of aromatic amines is 1. The predicted molar refractivity (Wildman–Crippen MR) is 157 cm³/mol. The van der Waals surface area contributed by atoms with Gasteiger partial charge < -0.3 is 19.0 Å². The van der Waals surface area contributed by atoms with Gasteiger partial charge >= 0.3 is 6.61 Å². The molecule has 4 heterocycles. The highest BCUT2D eigenvalue weighted by Gasteiger charge is 2.42. The van der Waals surface area contributed by atoms with Crippen LogP contribution in [-0.2, 0) is 15.8 Å². The van der Waals surface area contributed by atoms with Gasteiger partial charge in [-0.3, -0.25) is 9.78 Å². The van der Waals surface area contributed by atoms with Crippen LogP contribution in [0.3, 0.4) is 0 Å². The van der Waals surface area contributed by atoms with E-state index >= 15 is 8.78 Å². The van der Waals surface area contributed by atoms with Crippen molar-refractivity contribution in [2.75, 3.05) is 0 Å². The zero-order chi connectivity index (χ0) is 31.3. The van der Waals surface area contributed by atoms with Crippen molar-refractivity contribution in [2.24, 2.45) is 0 Å². The quantitative estimate of drug-likeness (QED) is 0.200. The number of hydrogen-bond acceptors (Lipinski definition) is 5. The van der Waals surface area contributed by atoms with Gasteiger partial charge in [-0.25, -0.2) is 13.8 Å². The fourth-order valence-corrected chi connectivity index (χ4v) is 6.41. The summed E-state index contributed by atoms with van der Waals surface area (Å²) < 4.78 is 67.3. The molecule has 1 saturated heterocycles. The molecular formula is C30H33ClF4N4O3Si. The van der Waals surface area contributed by atoms with E-state index in [1.54, 1.807) is 11.0 Å². The van der Waals surface area contributed by atoms with Gasteiger partial charge in [0.2, 0.25) is 5.91 Å². The first kappa shape index (κ1) is 31.2. The molecular weight excluding hydrogens is 604 g/mol. The number of carbonyl (C=O) groups is 1. The molecule has 2 aliphatic rings. The molecule has 0 aliphatic carbocycles. The van der Waals surface area contributed by atoms with Crippen molar-refractivity contribution in [1.29, 1.82) is 0 Å². The third-order valence-corrected chi connectivity index (χ3v) is 13.4. The highest BCUT2D eigenvalue weighted by atomic mass is 35.5. The maximum absolute atomic E-state index is 15.6. The van der Waals surface area contributed by atoms with Crippen LogP contribution in [0.5, 0.6) is 5.75 Å². The van der Waals surface area contributed by atoms with E-state index in [0.717, 1.165) is 12.1 Å². The Balaban J connectivity index is 1.38. The molecule has 0 bridgehead atoms. The van der Waals surface area contributed by atoms with Crippen LogP contribution in [0.2, 0.25) is 23.2 Å². The molecule has 1 fully saturated rings. The van der Waals surface area contributed by atoms with Crippen LogP contribution in [0, 0.1) is 11.6 Å². The average Bonchev–Trinajstić information content (AvgIpc) is 3.57. The minimum absolute atomic E-state index is 0.0371. The summed E-state index contributed by atoms with van der Waals surface area (Å²) in [6.07, 6.45) is 5.59. The Bertz CT molecular complexity index is 1570. The lowest BCUT2D eigenvalue weighted by atomic mass is 9.93. The Morgan fingerprint density at radius 2 is 1.88 bits per heavy atom. The number of nitrogens with one attached hydrogen (secondary N) is 1. The van der Waals surface area contributed by atoms with Crippen molar-refractivity contribution < 1.29 is 31.5 Å². The summed E-state index contributed by atoms with van der Waals surface area (Å²) in [7, 11) is -2.12. The summed E-state index contributed by atoms with van der Waals surface area (Å²) in [5.74, 6) is -1.76. The normalized spacial score (nSPS) is 19.2. The number of imidazole rings is 1. The minimum atomic E-state index is -3.18. The summed E-state index contributed by atoms with van der Waals surface area (Å²) >= 11 is 5.93. The third-order valence-electron chi connectivity index (χ3n) is 8.64. The van der Waals surface area contributed by atoms with E-state index in [4.69, 9.17) is 16.0 Å². The molecule has 43 heavy (non-hydrogen) atoms. The lowest BCUT2D eigenvalue weighted by Crippen LogP contribution is -2.40. The molecule has 3 aromatic rings. The molecule has 1 unspecified atom stereocenters. The van der Waals surface area contributed by atoms with Crippen molar-refractivity contribution in [3.8, 4) is 17.0 Å². The Morgan fingerprint density at radius 3 is 2.58 bits per heavy atom. The lowest BCUT2D eigenvalue weighted by molar-refractivity contribution is -0.129. The van der Waals surface area contributed by atoms with Gasteiger partial charge in [-0.05, 0) is 61.2 Å². The zero-order valence-electron chi connectivity index (χ0n) is 24.5. The molecule has 1 N–H and O–H groups in total. The van der Waals surface area contributed by atoms with Crippen LogP contribution in [0.25, 0.3) is 16.8 Å². The Morgan fingerprint density at radius 1 is 1.14 bits per heavy atom. The number of benzene rings is 1. The van der Waals surface area contributed by atoms with Crippen LogP contribution in [0.1, 0.15) is 63.2 Å². The maximum Gasteiger partial charge on any atom is 0.387 e. The summed E-state index contributed by atoms with van der Waals surface area (Å²) in [5, 5.41) is -0.303. The fraction of sp³-hybridized carbons (Fsp3) is 0.433. The Hall–Kier alpha value is -3.22. The van der Waals surface area contributed by atoms with Crippen molar-refractivity contribution >= 4 is 31.4 Å². The average molecular weight is 637 g/mol. The molecule has 1 aromatic carbocycles. The van der Waals surface area contributed by atoms with Gasteiger partial charge in [0.25, 0.3) is 0 Å². The zero-order valence-corrected chi connectivity index (χ0v) is 26.2. The number of amides is 1. The monoisotopic (exact) mass is 636 g/mol. The van der Waals surface area contributed by atoms with E-state index in [0.29, 0.717) is 24.4 Å². The van der Waals surface area contributed by atoms with Gasteiger partial charge in [0.15, 0.2) is 20.0 Å². The number of pyridine rings is 1. The van der Waals surface area contributed by atoms with E-state index in [9.17, 15) is 13.6 Å². The first-order valence-corrected chi connectivity index (χ1v) is 17.2. The largest absolute Gasteiger partial charge is 0.434 e. The molecule has 1 amide bonds. The molecule has 2 aromatic heterocycles.